The molecule has 2 heterocycles. The fraction of sp³-hybridized carbons (Fsp3) is 0.500. The normalized spacial score (nSPS) is 19.6. The van der Waals surface area contributed by atoms with E-state index < -0.39 is 0 Å². The fourth-order valence-corrected chi connectivity index (χ4v) is 2.77. The van der Waals surface area contributed by atoms with Crippen LogP contribution in [0.3, 0.4) is 0 Å². The SMILES string of the molecule is Cl/C=C/CN1CCN(Cc2cccs2)CC1. The average molecular weight is 257 g/mol. The van der Waals surface area contributed by atoms with Crippen molar-refractivity contribution in [1.82, 2.24) is 9.80 Å². The van der Waals surface area contributed by atoms with Crippen molar-refractivity contribution in [2.24, 2.45) is 0 Å². The van der Waals surface area contributed by atoms with E-state index in [9.17, 15) is 0 Å². The van der Waals surface area contributed by atoms with Gasteiger partial charge in [0.25, 0.3) is 0 Å². The number of hydrogen-bond donors (Lipinski definition) is 0. The Kier molecular flexibility index (Phi) is 4.85. The summed E-state index contributed by atoms with van der Waals surface area (Å²) >= 11 is 7.38. The lowest BCUT2D eigenvalue weighted by molar-refractivity contribution is 0.138. The van der Waals surface area contributed by atoms with Gasteiger partial charge in [0.05, 0.1) is 0 Å². The van der Waals surface area contributed by atoms with Crippen LogP contribution in [0.4, 0.5) is 0 Å². The number of nitrogens with zero attached hydrogens (tertiary/aromatic N) is 2. The van der Waals surface area contributed by atoms with Crippen molar-refractivity contribution in [3.8, 4) is 0 Å². The first kappa shape index (κ1) is 12.1. The largest absolute Gasteiger partial charge is 0.297 e. The molecule has 88 valence electrons. The van der Waals surface area contributed by atoms with Crippen molar-refractivity contribution in [1.29, 1.82) is 0 Å². The summed E-state index contributed by atoms with van der Waals surface area (Å²) in [6.45, 7) is 6.70. The van der Waals surface area contributed by atoms with Gasteiger partial charge in [-0.1, -0.05) is 23.7 Å². The van der Waals surface area contributed by atoms with E-state index in [1.54, 1.807) is 5.54 Å². The van der Waals surface area contributed by atoms with Gasteiger partial charge in [0.2, 0.25) is 0 Å². The molecule has 0 unspecified atom stereocenters. The molecule has 1 aliphatic heterocycles. The van der Waals surface area contributed by atoms with Crippen LogP contribution in [0.5, 0.6) is 0 Å². The molecule has 0 spiro atoms. The minimum atomic E-state index is 0.982. The predicted molar refractivity (Wildman–Crippen MR) is 71.0 cm³/mol. The average Bonchev–Trinajstić information content (AvgIpc) is 2.81. The second-order valence-electron chi connectivity index (χ2n) is 4.02. The van der Waals surface area contributed by atoms with E-state index in [1.165, 1.54) is 4.88 Å². The third-order valence-electron chi connectivity index (χ3n) is 2.88. The second-order valence-corrected chi connectivity index (χ2v) is 5.30. The van der Waals surface area contributed by atoms with Crippen LogP contribution in [0.2, 0.25) is 0 Å². The molecule has 1 saturated heterocycles. The first-order valence-electron chi connectivity index (χ1n) is 5.61. The molecule has 2 nitrogen and oxygen atoms in total. The van der Waals surface area contributed by atoms with E-state index >= 15 is 0 Å². The maximum absolute atomic E-state index is 5.53. The van der Waals surface area contributed by atoms with Gasteiger partial charge in [-0.05, 0) is 11.4 Å². The summed E-state index contributed by atoms with van der Waals surface area (Å²) in [4.78, 5) is 6.42. The summed E-state index contributed by atoms with van der Waals surface area (Å²) < 4.78 is 0. The smallest absolute Gasteiger partial charge is 0.0328 e. The highest BCUT2D eigenvalue weighted by Crippen LogP contribution is 2.13. The Labute approximate surface area is 106 Å². The van der Waals surface area contributed by atoms with Crippen LogP contribution in [-0.4, -0.2) is 42.5 Å². The maximum Gasteiger partial charge on any atom is 0.0328 e. The lowest BCUT2D eigenvalue weighted by atomic mass is 10.3. The fourth-order valence-electron chi connectivity index (χ4n) is 1.94. The highest BCUT2D eigenvalue weighted by atomic mass is 35.5. The maximum atomic E-state index is 5.53. The summed E-state index contributed by atoms with van der Waals surface area (Å²) in [5.41, 5.74) is 1.61. The molecule has 0 bridgehead atoms. The van der Waals surface area contributed by atoms with Crippen LogP contribution < -0.4 is 0 Å². The summed E-state index contributed by atoms with van der Waals surface area (Å²) in [6.07, 6.45) is 2.01. The molecule has 16 heavy (non-hydrogen) atoms. The Morgan fingerprint density at radius 2 is 2.00 bits per heavy atom. The van der Waals surface area contributed by atoms with Gasteiger partial charge >= 0.3 is 0 Å². The standard InChI is InChI=1S/C12H17ClN2S/c13-4-2-5-14-6-8-15(9-7-14)11-12-3-1-10-16-12/h1-4,10H,5-9,11H2/b4-2+. The van der Waals surface area contributed by atoms with E-state index in [0.717, 1.165) is 39.3 Å². The molecule has 0 aromatic carbocycles. The van der Waals surface area contributed by atoms with Gasteiger partial charge in [-0.3, -0.25) is 9.80 Å². The zero-order valence-electron chi connectivity index (χ0n) is 9.31. The summed E-state index contributed by atoms with van der Waals surface area (Å²) in [7, 11) is 0. The highest BCUT2D eigenvalue weighted by molar-refractivity contribution is 7.09. The van der Waals surface area contributed by atoms with Gasteiger partial charge in [-0.2, -0.15) is 0 Å². The van der Waals surface area contributed by atoms with Gasteiger partial charge in [0.1, 0.15) is 0 Å². The van der Waals surface area contributed by atoms with Crippen molar-refractivity contribution < 1.29 is 0 Å². The van der Waals surface area contributed by atoms with E-state index in [-0.39, 0.29) is 0 Å². The molecule has 4 heteroatoms. The molecular formula is C12H17ClN2S. The van der Waals surface area contributed by atoms with Crippen molar-refractivity contribution >= 4 is 22.9 Å². The predicted octanol–water partition coefficient (Wildman–Crippen LogP) is 2.62. The first-order chi connectivity index (χ1) is 7.88. The zero-order valence-corrected chi connectivity index (χ0v) is 10.9. The lowest BCUT2D eigenvalue weighted by Crippen LogP contribution is -2.45. The number of rotatable bonds is 4. The summed E-state index contributed by atoms with van der Waals surface area (Å²) in [5.74, 6) is 0. The number of thiophene rings is 1. The molecule has 1 fully saturated rings. The third kappa shape index (κ3) is 3.59. The van der Waals surface area contributed by atoms with Gasteiger partial charge in [-0.15, -0.1) is 11.3 Å². The minimum absolute atomic E-state index is 0.982. The molecule has 1 aromatic rings. The van der Waals surface area contributed by atoms with Crippen LogP contribution in [0.1, 0.15) is 4.88 Å². The molecule has 0 atom stereocenters. The molecule has 1 aliphatic rings. The Balaban J connectivity index is 1.73. The molecular weight excluding hydrogens is 240 g/mol. The van der Waals surface area contributed by atoms with Crippen molar-refractivity contribution in [2.75, 3.05) is 32.7 Å². The Morgan fingerprint density at radius 1 is 1.25 bits per heavy atom. The van der Waals surface area contributed by atoms with Gasteiger partial charge < -0.3 is 0 Å². The van der Waals surface area contributed by atoms with Crippen molar-refractivity contribution in [3.05, 3.63) is 34.0 Å². The van der Waals surface area contributed by atoms with Crippen LogP contribution in [-0.2, 0) is 6.54 Å². The van der Waals surface area contributed by atoms with Crippen molar-refractivity contribution in [2.45, 2.75) is 6.54 Å². The Bertz CT molecular complexity index is 316. The number of hydrogen-bond acceptors (Lipinski definition) is 3. The quantitative estimate of drug-likeness (QED) is 0.817. The first-order valence-corrected chi connectivity index (χ1v) is 6.92. The number of halogens is 1. The lowest BCUT2D eigenvalue weighted by Gasteiger charge is -2.33. The second kappa shape index (κ2) is 6.40. The molecule has 2 rings (SSSR count). The van der Waals surface area contributed by atoms with Crippen LogP contribution in [0.15, 0.2) is 29.1 Å². The molecule has 0 N–H and O–H groups in total. The summed E-state index contributed by atoms with van der Waals surface area (Å²) in [5, 5.41) is 2.15. The molecule has 0 amide bonds. The summed E-state index contributed by atoms with van der Waals surface area (Å²) in [6, 6.07) is 4.34. The van der Waals surface area contributed by atoms with Crippen LogP contribution in [0, 0.1) is 0 Å². The van der Waals surface area contributed by atoms with E-state index in [0.29, 0.717) is 0 Å². The van der Waals surface area contributed by atoms with Crippen molar-refractivity contribution in [3.63, 3.8) is 0 Å². The topological polar surface area (TPSA) is 6.48 Å². The van der Waals surface area contributed by atoms with Gasteiger partial charge in [-0.25, -0.2) is 0 Å². The number of piperazine rings is 1. The third-order valence-corrected chi connectivity index (χ3v) is 3.92. The van der Waals surface area contributed by atoms with Crippen LogP contribution >= 0.6 is 22.9 Å². The Morgan fingerprint density at radius 3 is 2.62 bits per heavy atom. The van der Waals surface area contributed by atoms with E-state index in [4.69, 9.17) is 11.6 Å². The van der Waals surface area contributed by atoms with Crippen LogP contribution in [0.25, 0.3) is 0 Å². The highest BCUT2D eigenvalue weighted by Gasteiger charge is 2.15. The minimum Gasteiger partial charge on any atom is -0.297 e. The molecule has 1 aromatic heterocycles. The van der Waals surface area contributed by atoms with Gasteiger partial charge in [0.15, 0.2) is 0 Å². The van der Waals surface area contributed by atoms with E-state index in [1.807, 2.05) is 17.4 Å². The Hall–Kier alpha value is -0.350. The monoisotopic (exact) mass is 256 g/mol. The molecule has 0 saturated carbocycles. The van der Waals surface area contributed by atoms with Gasteiger partial charge in [0, 0.05) is 49.7 Å². The molecule has 0 radical (unpaired) electrons. The molecule has 0 aliphatic carbocycles. The zero-order chi connectivity index (χ0) is 11.2. The van der Waals surface area contributed by atoms with E-state index in [2.05, 4.69) is 27.3 Å².